The van der Waals surface area contributed by atoms with Crippen LogP contribution in [0.25, 0.3) is 0 Å². The summed E-state index contributed by atoms with van der Waals surface area (Å²) in [5.41, 5.74) is 4.02. The first-order valence-electron chi connectivity index (χ1n) is 12.5. The van der Waals surface area contributed by atoms with Gasteiger partial charge in [0.25, 0.3) is 0 Å². The first-order valence-corrected chi connectivity index (χ1v) is 12.5. The minimum Gasteiger partial charge on any atom is -0.497 e. The summed E-state index contributed by atoms with van der Waals surface area (Å²) in [6, 6.07) is 20.3. The van der Waals surface area contributed by atoms with Crippen molar-refractivity contribution in [3.63, 3.8) is 0 Å². The van der Waals surface area contributed by atoms with Gasteiger partial charge in [0.1, 0.15) is 22.9 Å². The Bertz CT molecular complexity index is 1270. The summed E-state index contributed by atoms with van der Waals surface area (Å²) in [5, 5.41) is 9.33. The van der Waals surface area contributed by atoms with Crippen molar-refractivity contribution in [2.24, 2.45) is 0 Å². The number of hydrogen-bond donors (Lipinski definition) is 0. The Morgan fingerprint density at radius 2 is 1.89 bits per heavy atom. The van der Waals surface area contributed by atoms with Gasteiger partial charge in [-0.3, -0.25) is 4.90 Å². The fourth-order valence-corrected chi connectivity index (χ4v) is 5.15. The van der Waals surface area contributed by atoms with E-state index in [1.54, 1.807) is 26.4 Å². The molecule has 0 N–H and O–H groups in total. The molecule has 4 rings (SSSR count). The number of methoxy groups -OCH3 is 2. The summed E-state index contributed by atoms with van der Waals surface area (Å²) in [6.07, 6.45) is 4.32. The third kappa shape index (κ3) is 5.85. The van der Waals surface area contributed by atoms with Crippen molar-refractivity contribution in [2.75, 3.05) is 33.9 Å². The Labute approximate surface area is 218 Å². The maximum atomic E-state index is 13.8. The molecule has 0 saturated heterocycles. The minimum atomic E-state index is -0.674. The number of rotatable bonds is 12. The van der Waals surface area contributed by atoms with Gasteiger partial charge in [-0.1, -0.05) is 24.3 Å². The lowest BCUT2D eigenvalue weighted by atomic mass is 9.81. The van der Waals surface area contributed by atoms with E-state index in [0.717, 1.165) is 72.6 Å². The lowest BCUT2D eigenvalue weighted by molar-refractivity contribution is -0.0144. The molecule has 0 fully saturated rings. The summed E-state index contributed by atoms with van der Waals surface area (Å²) in [7, 11) is 3.34. The maximum Gasteiger partial charge on any atom is 0.123 e. The largest absolute Gasteiger partial charge is 0.497 e. The lowest BCUT2D eigenvalue weighted by Crippen LogP contribution is -2.31. The predicted molar refractivity (Wildman–Crippen MR) is 142 cm³/mol. The number of nitrogens with zero attached hydrogens (tertiary/aromatic N) is 2. The molecule has 192 valence electrons. The van der Waals surface area contributed by atoms with Gasteiger partial charge < -0.3 is 14.2 Å². The molecule has 5 nitrogen and oxygen atoms in total. The number of hydrogen-bond acceptors (Lipinski definition) is 5. The van der Waals surface area contributed by atoms with Crippen LogP contribution >= 0.6 is 0 Å². The van der Waals surface area contributed by atoms with E-state index in [9.17, 15) is 9.65 Å². The predicted octanol–water partition coefficient (Wildman–Crippen LogP) is 6.00. The van der Waals surface area contributed by atoms with Crippen LogP contribution in [0.1, 0.15) is 40.7 Å². The first kappa shape index (κ1) is 26.4. The SMILES string of the molecule is C=CCN(CCCC1(c2ccc(F)cc2)OCc2cc(C#N)ccc21)CCc1cc(OC)ccc1OC. The Balaban J connectivity index is 1.51. The van der Waals surface area contributed by atoms with Crippen LogP contribution < -0.4 is 9.47 Å². The molecule has 0 spiro atoms. The average Bonchev–Trinajstić information content (AvgIpc) is 3.30. The van der Waals surface area contributed by atoms with Crippen molar-refractivity contribution in [1.82, 2.24) is 4.90 Å². The zero-order chi connectivity index (χ0) is 26.3. The van der Waals surface area contributed by atoms with Gasteiger partial charge in [0, 0.05) is 13.1 Å². The normalized spacial score (nSPS) is 16.3. The number of fused-ring (bicyclic) bond motifs is 1. The Morgan fingerprint density at radius 1 is 1.08 bits per heavy atom. The van der Waals surface area contributed by atoms with Crippen LogP contribution in [-0.2, 0) is 23.4 Å². The van der Waals surface area contributed by atoms with Crippen LogP contribution in [0.15, 0.2) is 73.3 Å². The third-order valence-electron chi connectivity index (χ3n) is 7.03. The number of ether oxygens (including phenoxy) is 3. The summed E-state index contributed by atoms with van der Waals surface area (Å²) in [5.74, 6) is 1.38. The van der Waals surface area contributed by atoms with Crippen molar-refractivity contribution in [3.05, 3.63) is 107 Å². The molecule has 0 saturated carbocycles. The second-order valence-corrected chi connectivity index (χ2v) is 9.23. The van der Waals surface area contributed by atoms with E-state index in [4.69, 9.17) is 14.2 Å². The highest BCUT2D eigenvalue weighted by Gasteiger charge is 2.41. The highest BCUT2D eigenvalue weighted by Crippen LogP contribution is 2.45. The van der Waals surface area contributed by atoms with Gasteiger partial charge in [0.15, 0.2) is 0 Å². The van der Waals surface area contributed by atoms with Gasteiger partial charge in [-0.2, -0.15) is 5.26 Å². The van der Waals surface area contributed by atoms with E-state index in [2.05, 4.69) is 17.5 Å². The van der Waals surface area contributed by atoms with Gasteiger partial charge in [-0.15, -0.1) is 6.58 Å². The van der Waals surface area contributed by atoms with Crippen molar-refractivity contribution in [3.8, 4) is 17.6 Å². The molecule has 3 aromatic carbocycles. The first-order chi connectivity index (χ1) is 18.0. The quantitative estimate of drug-likeness (QED) is 0.286. The average molecular weight is 501 g/mol. The fourth-order valence-electron chi connectivity index (χ4n) is 5.15. The minimum absolute atomic E-state index is 0.276. The third-order valence-corrected chi connectivity index (χ3v) is 7.03. The fraction of sp³-hybridized carbons (Fsp3) is 0.323. The molecule has 37 heavy (non-hydrogen) atoms. The second-order valence-electron chi connectivity index (χ2n) is 9.23. The Kier molecular flexibility index (Phi) is 8.60. The van der Waals surface area contributed by atoms with Crippen LogP contribution in [0.5, 0.6) is 11.5 Å². The monoisotopic (exact) mass is 500 g/mol. The molecule has 0 amide bonds. The van der Waals surface area contributed by atoms with Crippen LogP contribution in [0.3, 0.4) is 0 Å². The summed E-state index contributed by atoms with van der Waals surface area (Å²) in [4.78, 5) is 2.36. The Morgan fingerprint density at radius 3 is 2.59 bits per heavy atom. The molecule has 1 unspecified atom stereocenters. The maximum absolute atomic E-state index is 13.8. The second kappa shape index (κ2) is 12.1. The Hall–Kier alpha value is -3.66. The summed E-state index contributed by atoms with van der Waals surface area (Å²) >= 11 is 0. The van der Waals surface area contributed by atoms with E-state index in [0.29, 0.717) is 12.2 Å². The van der Waals surface area contributed by atoms with Gasteiger partial charge in [-0.05, 0) is 90.5 Å². The molecule has 1 aliphatic rings. The van der Waals surface area contributed by atoms with Gasteiger partial charge in [-0.25, -0.2) is 4.39 Å². The molecule has 0 radical (unpaired) electrons. The topological polar surface area (TPSA) is 54.7 Å². The van der Waals surface area contributed by atoms with Crippen molar-refractivity contribution in [1.29, 1.82) is 5.26 Å². The lowest BCUT2D eigenvalue weighted by Gasteiger charge is -2.32. The zero-order valence-corrected chi connectivity index (χ0v) is 21.5. The standard InChI is InChI=1S/C31H33FN2O3/c1-4-16-34(18-14-24-20-28(35-2)11-13-30(24)36-3)17-5-15-31(26-7-9-27(32)10-8-26)29-12-6-23(21-33)19-25(29)22-37-31/h4,6-13,19-20H,1,5,14-18,22H2,2-3H3. The molecule has 1 heterocycles. The number of halogens is 1. The van der Waals surface area contributed by atoms with Crippen molar-refractivity contribution < 1.29 is 18.6 Å². The highest BCUT2D eigenvalue weighted by molar-refractivity contribution is 5.48. The molecule has 0 aliphatic carbocycles. The van der Waals surface area contributed by atoms with Crippen LogP contribution in [-0.4, -0.2) is 38.8 Å². The summed E-state index contributed by atoms with van der Waals surface area (Å²) in [6.45, 7) is 6.81. The molecule has 0 bridgehead atoms. The molecule has 1 aliphatic heterocycles. The highest BCUT2D eigenvalue weighted by atomic mass is 19.1. The van der Waals surface area contributed by atoms with E-state index in [-0.39, 0.29) is 5.82 Å². The van der Waals surface area contributed by atoms with Gasteiger partial charge in [0.2, 0.25) is 0 Å². The van der Waals surface area contributed by atoms with Crippen LogP contribution in [0.2, 0.25) is 0 Å². The van der Waals surface area contributed by atoms with Gasteiger partial charge >= 0.3 is 0 Å². The number of benzene rings is 3. The molecule has 1 atom stereocenters. The van der Waals surface area contributed by atoms with Crippen LogP contribution in [0, 0.1) is 17.1 Å². The molecule has 3 aromatic rings. The summed E-state index contributed by atoms with van der Waals surface area (Å²) < 4.78 is 31.2. The van der Waals surface area contributed by atoms with E-state index in [1.807, 2.05) is 42.5 Å². The molecular weight excluding hydrogens is 467 g/mol. The van der Waals surface area contributed by atoms with E-state index < -0.39 is 5.60 Å². The molecule has 6 heteroatoms. The smallest absolute Gasteiger partial charge is 0.123 e. The van der Waals surface area contributed by atoms with E-state index >= 15 is 0 Å². The van der Waals surface area contributed by atoms with Crippen LogP contribution in [0.4, 0.5) is 4.39 Å². The van der Waals surface area contributed by atoms with Gasteiger partial charge in [0.05, 0.1) is 32.5 Å². The molecular formula is C31H33FN2O3. The van der Waals surface area contributed by atoms with E-state index in [1.165, 1.54) is 12.1 Å². The van der Waals surface area contributed by atoms with Crippen molar-refractivity contribution in [2.45, 2.75) is 31.5 Å². The zero-order valence-electron chi connectivity index (χ0n) is 21.5. The van der Waals surface area contributed by atoms with Crippen molar-refractivity contribution >= 4 is 0 Å². The molecule has 0 aromatic heterocycles. The number of nitriles is 1.